The standard InChI is InChI=1S/C15H22N4/c16-15-17-13-7-2-3-8-14(13)19(15)12-6-11-18-9-4-1-5-10-18/h2-3,7-8H,1,4-6,9-12H2,(H2,16,17). The molecule has 1 aliphatic rings. The maximum atomic E-state index is 6.01. The average molecular weight is 258 g/mol. The van der Waals surface area contributed by atoms with Crippen LogP contribution in [0.1, 0.15) is 25.7 Å². The SMILES string of the molecule is Nc1nc2ccccc2n1CCCN1CCCCC1. The first-order valence-electron chi connectivity index (χ1n) is 7.28. The minimum atomic E-state index is 0.639. The largest absolute Gasteiger partial charge is 0.369 e. The molecule has 0 unspecified atom stereocenters. The Morgan fingerprint density at radius 2 is 1.84 bits per heavy atom. The summed E-state index contributed by atoms with van der Waals surface area (Å²) in [4.78, 5) is 6.97. The molecule has 3 rings (SSSR count). The van der Waals surface area contributed by atoms with Crippen molar-refractivity contribution in [1.82, 2.24) is 14.5 Å². The van der Waals surface area contributed by atoms with Gasteiger partial charge in [-0.15, -0.1) is 0 Å². The van der Waals surface area contributed by atoms with Crippen LogP contribution in [0.25, 0.3) is 11.0 Å². The van der Waals surface area contributed by atoms with Gasteiger partial charge in [0.15, 0.2) is 0 Å². The molecule has 0 aliphatic carbocycles. The van der Waals surface area contributed by atoms with Crippen molar-refractivity contribution in [3.05, 3.63) is 24.3 Å². The molecule has 19 heavy (non-hydrogen) atoms. The van der Waals surface area contributed by atoms with Gasteiger partial charge in [-0.2, -0.15) is 0 Å². The lowest BCUT2D eigenvalue weighted by atomic mass is 10.1. The summed E-state index contributed by atoms with van der Waals surface area (Å²) in [7, 11) is 0. The fourth-order valence-electron chi connectivity index (χ4n) is 2.96. The number of piperidine rings is 1. The minimum absolute atomic E-state index is 0.639. The van der Waals surface area contributed by atoms with Gasteiger partial charge in [0.25, 0.3) is 0 Å². The Balaban J connectivity index is 1.63. The van der Waals surface area contributed by atoms with E-state index in [-0.39, 0.29) is 0 Å². The van der Waals surface area contributed by atoms with E-state index in [0.717, 1.165) is 24.0 Å². The summed E-state index contributed by atoms with van der Waals surface area (Å²) in [5.74, 6) is 0.639. The van der Waals surface area contributed by atoms with Gasteiger partial charge in [0, 0.05) is 6.54 Å². The number of rotatable bonds is 4. The predicted octanol–water partition coefficient (Wildman–Crippen LogP) is 2.49. The highest BCUT2D eigenvalue weighted by Crippen LogP contribution is 2.18. The Morgan fingerprint density at radius 3 is 2.68 bits per heavy atom. The Hall–Kier alpha value is -1.55. The molecule has 1 aliphatic heterocycles. The zero-order chi connectivity index (χ0) is 13.1. The van der Waals surface area contributed by atoms with Crippen molar-refractivity contribution in [2.75, 3.05) is 25.4 Å². The van der Waals surface area contributed by atoms with Crippen LogP contribution in [-0.2, 0) is 6.54 Å². The first-order chi connectivity index (χ1) is 9.34. The van der Waals surface area contributed by atoms with Gasteiger partial charge in [0.05, 0.1) is 11.0 Å². The van der Waals surface area contributed by atoms with E-state index in [1.165, 1.54) is 38.9 Å². The number of nitrogen functional groups attached to an aromatic ring is 1. The summed E-state index contributed by atoms with van der Waals surface area (Å²) in [6.07, 6.45) is 5.26. The van der Waals surface area contributed by atoms with Gasteiger partial charge < -0.3 is 15.2 Å². The molecule has 0 radical (unpaired) electrons. The average Bonchev–Trinajstić information content (AvgIpc) is 2.76. The minimum Gasteiger partial charge on any atom is -0.369 e. The Labute approximate surface area is 114 Å². The van der Waals surface area contributed by atoms with E-state index in [4.69, 9.17) is 5.73 Å². The Kier molecular flexibility index (Phi) is 3.69. The highest BCUT2D eigenvalue weighted by molar-refractivity contribution is 5.78. The van der Waals surface area contributed by atoms with E-state index in [9.17, 15) is 0 Å². The monoisotopic (exact) mass is 258 g/mol. The Bertz CT molecular complexity index is 540. The third-order valence-electron chi connectivity index (χ3n) is 3.99. The molecule has 2 N–H and O–H groups in total. The number of hydrogen-bond acceptors (Lipinski definition) is 3. The fraction of sp³-hybridized carbons (Fsp3) is 0.533. The number of fused-ring (bicyclic) bond motifs is 1. The van der Waals surface area contributed by atoms with Gasteiger partial charge in [-0.25, -0.2) is 4.98 Å². The van der Waals surface area contributed by atoms with E-state index in [0.29, 0.717) is 5.95 Å². The second-order valence-corrected chi connectivity index (χ2v) is 5.37. The highest BCUT2D eigenvalue weighted by Gasteiger charge is 2.11. The molecule has 4 nitrogen and oxygen atoms in total. The maximum absolute atomic E-state index is 6.01. The molecule has 2 heterocycles. The zero-order valence-electron chi connectivity index (χ0n) is 11.4. The smallest absolute Gasteiger partial charge is 0.201 e. The second-order valence-electron chi connectivity index (χ2n) is 5.37. The van der Waals surface area contributed by atoms with Crippen molar-refractivity contribution >= 4 is 17.0 Å². The lowest BCUT2D eigenvalue weighted by molar-refractivity contribution is 0.223. The van der Waals surface area contributed by atoms with Gasteiger partial charge in [0.2, 0.25) is 5.95 Å². The van der Waals surface area contributed by atoms with Crippen LogP contribution in [0.4, 0.5) is 5.95 Å². The van der Waals surface area contributed by atoms with E-state index in [2.05, 4.69) is 20.5 Å². The van der Waals surface area contributed by atoms with Crippen molar-refractivity contribution < 1.29 is 0 Å². The second kappa shape index (κ2) is 5.61. The highest BCUT2D eigenvalue weighted by atomic mass is 15.2. The molecule has 4 heteroatoms. The van der Waals surface area contributed by atoms with Crippen molar-refractivity contribution in [2.24, 2.45) is 0 Å². The molecule has 0 spiro atoms. The molecule has 102 valence electrons. The number of aryl methyl sites for hydroxylation is 1. The van der Waals surface area contributed by atoms with Crippen molar-refractivity contribution in [3.8, 4) is 0 Å². The van der Waals surface area contributed by atoms with Crippen LogP contribution in [0.2, 0.25) is 0 Å². The number of anilines is 1. The lowest BCUT2D eigenvalue weighted by Gasteiger charge is -2.26. The number of benzene rings is 1. The quantitative estimate of drug-likeness (QED) is 0.916. The number of aromatic nitrogens is 2. The van der Waals surface area contributed by atoms with Crippen molar-refractivity contribution in [1.29, 1.82) is 0 Å². The molecule has 0 bridgehead atoms. The number of nitrogens with two attached hydrogens (primary N) is 1. The molecule has 0 atom stereocenters. The molecule has 1 saturated heterocycles. The third kappa shape index (κ3) is 2.73. The fourth-order valence-corrected chi connectivity index (χ4v) is 2.96. The Morgan fingerprint density at radius 1 is 1.05 bits per heavy atom. The van der Waals surface area contributed by atoms with Crippen LogP contribution < -0.4 is 5.73 Å². The summed E-state index contributed by atoms with van der Waals surface area (Å²) >= 11 is 0. The van der Waals surface area contributed by atoms with Gasteiger partial charge >= 0.3 is 0 Å². The zero-order valence-corrected chi connectivity index (χ0v) is 11.4. The molecule has 1 aromatic carbocycles. The van der Waals surface area contributed by atoms with E-state index < -0.39 is 0 Å². The van der Waals surface area contributed by atoms with Crippen LogP contribution in [0.5, 0.6) is 0 Å². The molecule has 1 fully saturated rings. The molecule has 0 amide bonds. The lowest BCUT2D eigenvalue weighted by Crippen LogP contribution is -2.31. The van der Waals surface area contributed by atoms with E-state index in [1.807, 2.05) is 18.2 Å². The van der Waals surface area contributed by atoms with Gasteiger partial charge in [-0.05, 0) is 51.0 Å². The first-order valence-corrected chi connectivity index (χ1v) is 7.28. The van der Waals surface area contributed by atoms with Gasteiger partial charge in [0.1, 0.15) is 0 Å². The number of para-hydroxylation sites is 2. The predicted molar refractivity (Wildman–Crippen MR) is 79.1 cm³/mol. The van der Waals surface area contributed by atoms with Crippen LogP contribution in [0.15, 0.2) is 24.3 Å². The van der Waals surface area contributed by atoms with Gasteiger partial charge in [-0.1, -0.05) is 18.6 Å². The van der Waals surface area contributed by atoms with Gasteiger partial charge in [-0.3, -0.25) is 0 Å². The summed E-state index contributed by atoms with van der Waals surface area (Å²) in [6.45, 7) is 4.66. The van der Waals surface area contributed by atoms with Crippen LogP contribution in [0.3, 0.4) is 0 Å². The van der Waals surface area contributed by atoms with Crippen LogP contribution in [0, 0.1) is 0 Å². The molecule has 0 saturated carbocycles. The number of likely N-dealkylation sites (tertiary alicyclic amines) is 1. The summed E-state index contributed by atoms with van der Waals surface area (Å²) in [6, 6.07) is 8.17. The number of nitrogens with zero attached hydrogens (tertiary/aromatic N) is 3. The topological polar surface area (TPSA) is 47.1 Å². The molecular weight excluding hydrogens is 236 g/mol. The summed E-state index contributed by atoms with van der Waals surface area (Å²) in [5, 5.41) is 0. The van der Waals surface area contributed by atoms with Crippen molar-refractivity contribution in [3.63, 3.8) is 0 Å². The molecule has 2 aromatic rings. The van der Waals surface area contributed by atoms with E-state index >= 15 is 0 Å². The van der Waals surface area contributed by atoms with E-state index in [1.54, 1.807) is 0 Å². The van der Waals surface area contributed by atoms with Crippen LogP contribution in [-0.4, -0.2) is 34.1 Å². The molecular formula is C15H22N4. The van der Waals surface area contributed by atoms with Crippen LogP contribution >= 0.6 is 0 Å². The summed E-state index contributed by atoms with van der Waals surface area (Å²) < 4.78 is 2.14. The normalized spacial score (nSPS) is 17.1. The number of imidazole rings is 1. The maximum Gasteiger partial charge on any atom is 0.201 e. The first kappa shape index (κ1) is 12.5. The number of hydrogen-bond donors (Lipinski definition) is 1. The van der Waals surface area contributed by atoms with Crippen molar-refractivity contribution in [2.45, 2.75) is 32.2 Å². The summed E-state index contributed by atoms with van der Waals surface area (Å²) in [5.41, 5.74) is 8.16. The molecule has 1 aromatic heterocycles. The third-order valence-corrected chi connectivity index (χ3v) is 3.99.